The van der Waals surface area contributed by atoms with Crippen LogP contribution in [-0.2, 0) is 4.43 Å². The first-order chi connectivity index (χ1) is 4.12. The molecule has 0 aliphatic rings. The summed E-state index contributed by atoms with van der Waals surface area (Å²) >= 11 is 0. The average Bonchev–Trinajstić information content (AvgIpc) is 1.84. The van der Waals surface area contributed by atoms with E-state index in [9.17, 15) is 0 Å². The predicted octanol–water partition coefficient (Wildman–Crippen LogP) is 2.45. The summed E-state index contributed by atoms with van der Waals surface area (Å²) in [6.45, 7) is 9.54. The maximum atomic E-state index is 5.61. The molecule has 0 aliphatic carbocycles. The van der Waals surface area contributed by atoms with E-state index < -0.39 is 8.32 Å². The van der Waals surface area contributed by atoms with Crippen molar-refractivity contribution in [2.24, 2.45) is 0 Å². The van der Waals surface area contributed by atoms with Crippen LogP contribution in [-0.4, -0.2) is 14.9 Å². The highest BCUT2D eigenvalue weighted by molar-refractivity contribution is 6.71. The third-order valence-electron chi connectivity index (χ3n) is 1.49. The second-order valence-corrected chi connectivity index (χ2v) is 7.35. The molecule has 0 aliphatic heterocycles. The van der Waals surface area contributed by atoms with Crippen LogP contribution in [0.3, 0.4) is 0 Å². The van der Waals surface area contributed by atoms with Crippen LogP contribution in [0, 0.1) is 6.42 Å². The molecule has 0 aromatic rings. The lowest BCUT2D eigenvalue weighted by Gasteiger charge is -2.19. The number of rotatable bonds is 4. The molecular formula is C7H17OSi. The smallest absolute Gasteiger partial charge is 0.186 e. The summed E-state index contributed by atoms with van der Waals surface area (Å²) in [5.74, 6) is 0. The zero-order valence-electron chi connectivity index (χ0n) is 6.90. The molecule has 0 aromatic carbocycles. The zero-order chi connectivity index (χ0) is 7.33. The summed E-state index contributed by atoms with van der Waals surface area (Å²) in [6, 6.07) is 1.21. The average molecular weight is 145 g/mol. The van der Waals surface area contributed by atoms with Gasteiger partial charge in [0.05, 0.1) is 0 Å². The van der Waals surface area contributed by atoms with Crippen molar-refractivity contribution in [3.63, 3.8) is 0 Å². The molecule has 0 aromatic heterocycles. The second kappa shape index (κ2) is 4.07. The molecule has 0 spiro atoms. The Morgan fingerprint density at radius 2 is 2.00 bits per heavy atom. The van der Waals surface area contributed by atoms with Gasteiger partial charge in [0.2, 0.25) is 0 Å². The first-order valence-electron chi connectivity index (χ1n) is 3.54. The SMILES string of the molecule is C[CH]CO[Si](C)(C)CC. The highest BCUT2D eigenvalue weighted by Crippen LogP contribution is 2.09. The van der Waals surface area contributed by atoms with Crippen LogP contribution >= 0.6 is 0 Å². The monoisotopic (exact) mass is 145 g/mol. The molecule has 0 N–H and O–H groups in total. The maximum Gasteiger partial charge on any atom is 0.186 e. The lowest BCUT2D eigenvalue weighted by Crippen LogP contribution is -2.29. The van der Waals surface area contributed by atoms with Gasteiger partial charge in [0.25, 0.3) is 0 Å². The van der Waals surface area contributed by atoms with Gasteiger partial charge < -0.3 is 4.43 Å². The fourth-order valence-electron chi connectivity index (χ4n) is 0.411. The lowest BCUT2D eigenvalue weighted by atomic mass is 10.5. The summed E-state index contributed by atoms with van der Waals surface area (Å²) in [7, 11) is -1.23. The van der Waals surface area contributed by atoms with Crippen molar-refractivity contribution in [3.8, 4) is 0 Å². The molecule has 0 saturated heterocycles. The lowest BCUT2D eigenvalue weighted by molar-refractivity contribution is 0.339. The third-order valence-corrected chi connectivity index (χ3v) is 4.14. The number of hydrogen-bond donors (Lipinski definition) is 0. The van der Waals surface area contributed by atoms with Gasteiger partial charge in [0.15, 0.2) is 8.32 Å². The van der Waals surface area contributed by atoms with Gasteiger partial charge in [-0.05, 0) is 25.6 Å². The fraction of sp³-hybridized carbons (Fsp3) is 0.857. The van der Waals surface area contributed by atoms with Crippen molar-refractivity contribution in [3.05, 3.63) is 6.42 Å². The first-order valence-corrected chi connectivity index (χ1v) is 6.65. The summed E-state index contributed by atoms with van der Waals surface area (Å²) in [5, 5.41) is 0. The molecule has 2 heteroatoms. The van der Waals surface area contributed by atoms with E-state index in [-0.39, 0.29) is 0 Å². The molecule has 9 heavy (non-hydrogen) atoms. The number of hydrogen-bond acceptors (Lipinski definition) is 1. The minimum absolute atomic E-state index is 0.826. The molecule has 0 saturated carbocycles. The van der Waals surface area contributed by atoms with E-state index in [1.54, 1.807) is 0 Å². The van der Waals surface area contributed by atoms with Crippen LogP contribution in [0.4, 0.5) is 0 Å². The van der Waals surface area contributed by atoms with Crippen molar-refractivity contribution in [2.75, 3.05) is 6.61 Å². The standard InChI is InChI=1S/C7H17OSi/c1-5-7-8-9(3,4)6-2/h5H,6-7H2,1-4H3. The minimum Gasteiger partial charge on any atom is -0.417 e. The van der Waals surface area contributed by atoms with Gasteiger partial charge in [-0.1, -0.05) is 13.8 Å². The van der Waals surface area contributed by atoms with E-state index >= 15 is 0 Å². The van der Waals surface area contributed by atoms with E-state index in [1.807, 2.05) is 6.92 Å². The molecule has 0 rings (SSSR count). The maximum absolute atomic E-state index is 5.61. The molecule has 0 fully saturated rings. The van der Waals surface area contributed by atoms with Crippen LogP contribution in [0.1, 0.15) is 13.8 Å². The summed E-state index contributed by atoms with van der Waals surface area (Å²) in [5.41, 5.74) is 0. The second-order valence-electron chi connectivity index (χ2n) is 2.83. The minimum atomic E-state index is -1.23. The molecule has 0 amide bonds. The van der Waals surface area contributed by atoms with E-state index in [0.717, 1.165) is 6.61 Å². The predicted molar refractivity (Wildman–Crippen MR) is 43.9 cm³/mol. The van der Waals surface area contributed by atoms with Crippen LogP contribution in [0.2, 0.25) is 19.1 Å². The van der Waals surface area contributed by atoms with Crippen molar-refractivity contribution in [1.82, 2.24) is 0 Å². The largest absolute Gasteiger partial charge is 0.417 e. The van der Waals surface area contributed by atoms with Gasteiger partial charge in [-0.3, -0.25) is 0 Å². The van der Waals surface area contributed by atoms with E-state index in [0.29, 0.717) is 0 Å². The molecule has 0 unspecified atom stereocenters. The molecule has 1 nitrogen and oxygen atoms in total. The normalized spacial score (nSPS) is 12.0. The summed E-state index contributed by atoms with van der Waals surface area (Å²) in [6.07, 6.45) is 2.06. The van der Waals surface area contributed by atoms with Crippen LogP contribution in [0.5, 0.6) is 0 Å². The van der Waals surface area contributed by atoms with Gasteiger partial charge >= 0.3 is 0 Å². The Labute approximate surface area is 59.5 Å². The summed E-state index contributed by atoms with van der Waals surface area (Å²) < 4.78 is 5.61. The van der Waals surface area contributed by atoms with Crippen LogP contribution < -0.4 is 0 Å². The molecule has 0 bridgehead atoms. The molecule has 1 radical (unpaired) electrons. The van der Waals surface area contributed by atoms with Crippen molar-refractivity contribution >= 4 is 8.32 Å². The Kier molecular flexibility index (Phi) is 4.15. The van der Waals surface area contributed by atoms with Crippen LogP contribution in [0.15, 0.2) is 0 Å². The topological polar surface area (TPSA) is 9.23 Å². The highest BCUT2D eigenvalue weighted by atomic mass is 28.4. The quantitative estimate of drug-likeness (QED) is 0.552. The summed E-state index contributed by atoms with van der Waals surface area (Å²) in [4.78, 5) is 0. The van der Waals surface area contributed by atoms with Crippen molar-refractivity contribution < 1.29 is 4.43 Å². The van der Waals surface area contributed by atoms with Gasteiger partial charge in [-0.2, -0.15) is 0 Å². The van der Waals surface area contributed by atoms with Crippen molar-refractivity contribution in [1.29, 1.82) is 0 Å². The fourth-order valence-corrected chi connectivity index (χ4v) is 1.23. The van der Waals surface area contributed by atoms with Gasteiger partial charge in [-0.25, -0.2) is 0 Å². The molecule has 55 valence electrons. The Balaban J connectivity index is 3.33. The van der Waals surface area contributed by atoms with E-state index in [2.05, 4.69) is 26.4 Å². The molecular weight excluding hydrogens is 128 g/mol. The van der Waals surface area contributed by atoms with Gasteiger partial charge in [0, 0.05) is 6.61 Å². The van der Waals surface area contributed by atoms with Gasteiger partial charge in [-0.15, -0.1) is 0 Å². The Morgan fingerprint density at radius 3 is 2.33 bits per heavy atom. The molecule has 0 heterocycles. The van der Waals surface area contributed by atoms with Gasteiger partial charge in [0.1, 0.15) is 0 Å². The van der Waals surface area contributed by atoms with Crippen molar-refractivity contribution in [2.45, 2.75) is 33.0 Å². The van der Waals surface area contributed by atoms with E-state index in [1.165, 1.54) is 6.04 Å². The van der Waals surface area contributed by atoms with E-state index in [4.69, 9.17) is 4.43 Å². The highest BCUT2D eigenvalue weighted by Gasteiger charge is 2.17. The van der Waals surface area contributed by atoms with Crippen LogP contribution in [0.25, 0.3) is 0 Å². The Hall–Kier alpha value is 0.177. The third kappa shape index (κ3) is 4.67. The Bertz CT molecular complexity index is 71.3. The molecule has 0 atom stereocenters. The Morgan fingerprint density at radius 1 is 1.44 bits per heavy atom. The first kappa shape index (κ1) is 9.18. The zero-order valence-corrected chi connectivity index (χ0v) is 7.90.